The van der Waals surface area contributed by atoms with E-state index in [2.05, 4.69) is 30.9 Å². The van der Waals surface area contributed by atoms with Crippen LogP contribution in [-0.4, -0.2) is 5.88 Å². The highest BCUT2D eigenvalue weighted by Crippen LogP contribution is 2.13. The lowest BCUT2D eigenvalue weighted by atomic mass is 10.3. The van der Waals surface area contributed by atoms with Crippen LogP contribution in [0.25, 0.3) is 0 Å². The Kier molecular flexibility index (Phi) is 4.21. The fourth-order valence-corrected chi connectivity index (χ4v) is 1.68. The summed E-state index contributed by atoms with van der Waals surface area (Å²) in [6, 6.07) is 4.16. The molecule has 0 aliphatic heterocycles. The molecular formula is C10H11ClS. The van der Waals surface area contributed by atoms with Crippen LogP contribution in [0.15, 0.2) is 12.1 Å². The number of rotatable bonds is 2. The molecule has 1 heterocycles. The molecule has 1 rings (SSSR count). The van der Waals surface area contributed by atoms with Crippen molar-refractivity contribution in [2.75, 3.05) is 5.88 Å². The summed E-state index contributed by atoms with van der Waals surface area (Å²) in [6.45, 7) is 2.09. The fraction of sp³-hybridized carbons (Fsp3) is 0.400. The van der Waals surface area contributed by atoms with E-state index in [9.17, 15) is 0 Å². The lowest BCUT2D eigenvalue weighted by Gasteiger charge is -1.81. The second-order valence-electron chi connectivity index (χ2n) is 2.50. The maximum Gasteiger partial charge on any atom is 0.0771 e. The summed E-state index contributed by atoms with van der Waals surface area (Å²) in [4.78, 5) is 2.47. The van der Waals surface area contributed by atoms with Gasteiger partial charge >= 0.3 is 0 Å². The Balaban J connectivity index is 2.43. The number of hydrogen-bond acceptors (Lipinski definition) is 1. The first-order valence-electron chi connectivity index (χ1n) is 3.94. The van der Waals surface area contributed by atoms with Gasteiger partial charge in [0.2, 0.25) is 0 Å². The second kappa shape index (κ2) is 5.24. The Labute approximate surface area is 82.6 Å². The summed E-state index contributed by atoms with van der Waals surface area (Å²) in [5, 5.41) is 0. The lowest BCUT2D eigenvalue weighted by Crippen LogP contribution is -1.71. The molecule has 0 radical (unpaired) electrons. The molecule has 0 aliphatic rings. The molecule has 0 saturated heterocycles. The zero-order valence-electron chi connectivity index (χ0n) is 7.06. The summed E-state index contributed by atoms with van der Waals surface area (Å²) in [5.41, 5.74) is 0. The van der Waals surface area contributed by atoms with Gasteiger partial charge in [-0.05, 0) is 25.5 Å². The monoisotopic (exact) mass is 198 g/mol. The average molecular weight is 199 g/mol. The van der Waals surface area contributed by atoms with Crippen molar-refractivity contribution < 1.29 is 0 Å². The van der Waals surface area contributed by atoms with Crippen molar-refractivity contribution in [2.24, 2.45) is 0 Å². The van der Waals surface area contributed by atoms with E-state index in [1.165, 1.54) is 4.88 Å². The number of alkyl halides is 1. The molecule has 0 N–H and O–H groups in total. The van der Waals surface area contributed by atoms with Crippen molar-refractivity contribution in [2.45, 2.75) is 19.8 Å². The van der Waals surface area contributed by atoms with Crippen LogP contribution < -0.4 is 0 Å². The van der Waals surface area contributed by atoms with E-state index >= 15 is 0 Å². The highest BCUT2D eigenvalue weighted by Gasteiger charge is 1.89. The minimum atomic E-state index is 0.706. The van der Waals surface area contributed by atoms with Crippen molar-refractivity contribution in [3.63, 3.8) is 0 Å². The Morgan fingerprint density at radius 2 is 2.33 bits per heavy atom. The highest BCUT2D eigenvalue weighted by molar-refractivity contribution is 7.12. The maximum atomic E-state index is 5.52. The molecule has 0 spiro atoms. The van der Waals surface area contributed by atoms with Crippen molar-refractivity contribution >= 4 is 22.9 Å². The molecule has 1 aromatic rings. The highest BCUT2D eigenvalue weighted by atomic mass is 35.5. The van der Waals surface area contributed by atoms with Gasteiger partial charge in [-0.1, -0.05) is 11.8 Å². The van der Waals surface area contributed by atoms with Gasteiger partial charge in [-0.25, -0.2) is 0 Å². The molecule has 0 amide bonds. The molecule has 12 heavy (non-hydrogen) atoms. The number of hydrogen-bond donors (Lipinski definition) is 0. The van der Waals surface area contributed by atoms with Crippen LogP contribution in [0.2, 0.25) is 0 Å². The third-order valence-electron chi connectivity index (χ3n) is 1.39. The lowest BCUT2D eigenvalue weighted by molar-refractivity contribution is 0.991. The summed E-state index contributed by atoms with van der Waals surface area (Å²) in [7, 11) is 0. The Bertz CT molecular complexity index is 290. The van der Waals surface area contributed by atoms with Gasteiger partial charge in [0.15, 0.2) is 0 Å². The van der Waals surface area contributed by atoms with Gasteiger partial charge in [0.1, 0.15) is 0 Å². The Morgan fingerprint density at radius 1 is 1.50 bits per heavy atom. The maximum absolute atomic E-state index is 5.52. The second-order valence-corrected chi connectivity index (χ2v) is 4.17. The largest absolute Gasteiger partial charge is 0.132 e. The summed E-state index contributed by atoms with van der Waals surface area (Å²) < 4.78 is 0. The molecule has 0 fully saturated rings. The van der Waals surface area contributed by atoms with Gasteiger partial charge in [-0.3, -0.25) is 0 Å². The Hall–Kier alpha value is -0.450. The summed E-state index contributed by atoms with van der Waals surface area (Å²) in [6.07, 6.45) is 1.89. The first-order valence-corrected chi connectivity index (χ1v) is 5.29. The molecular weight excluding hydrogens is 188 g/mol. The Morgan fingerprint density at radius 3 is 2.92 bits per heavy atom. The van der Waals surface area contributed by atoms with E-state index in [0.29, 0.717) is 5.88 Å². The molecule has 64 valence electrons. The zero-order valence-corrected chi connectivity index (χ0v) is 8.63. The van der Waals surface area contributed by atoms with Crippen LogP contribution in [0.5, 0.6) is 0 Å². The topological polar surface area (TPSA) is 0 Å². The molecule has 0 aliphatic carbocycles. The smallest absolute Gasteiger partial charge is 0.0771 e. The van der Waals surface area contributed by atoms with E-state index in [1.807, 2.05) is 0 Å². The van der Waals surface area contributed by atoms with Gasteiger partial charge < -0.3 is 0 Å². The van der Waals surface area contributed by atoms with Crippen molar-refractivity contribution in [1.29, 1.82) is 0 Å². The van der Waals surface area contributed by atoms with Gasteiger partial charge in [-0.15, -0.1) is 22.9 Å². The van der Waals surface area contributed by atoms with Crippen LogP contribution in [0.4, 0.5) is 0 Å². The van der Waals surface area contributed by atoms with Crippen LogP contribution >= 0.6 is 22.9 Å². The van der Waals surface area contributed by atoms with Gasteiger partial charge in [0, 0.05) is 17.2 Å². The van der Waals surface area contributed by atoms with E-state index in [4.69, 9.17) is 11.6 Å². The summed E-state index contributed by atoms with van der Waals surface area (Å²) >= 11 is 7.26. The normalized spacial score (nSPS) is 9.17. The fourth-order valence-electron chi connectivity index (χ4n) is 0.807. The predicted octanol–water partition coefficient (Wildman–Crippen LogP) is 3.43. The zero-order chi connectivity index (χ0) is 8.81. The van der Waals surface area contributed by atoms with Crippen molar-refractivity contribution in [1.82, 2.24) is 0 Å². The van der Waals surface area contributed by atoms with Crippen molar-refractivity contribution in [3.8, 4) is 11.8 Å². The number of halogens is 1. The van der Waals surface area contributed by atoms with Gasteiger partial charge in [-0.2, -0.15) is 0 Å². The molecule has 1 aromatic heterocycles. The van der Waals surface area contributed by atoms with Crippen LogP contribution in [0, 0.1) is 18.8 Å². The third kappa shape index (κ3) is 3.30. The van der Waals surface area contributed by atoms with E-state index < -0.39 is 0 Å². The molecule has 0 atom stereocenters. The molecule has 0 unspecified atom stereocenters. The van der Waals surface area contributed by atoms with E-state index in [-0.39, 0.29) is 0 Å². The molecule has 0 aromatic carbocycles. The average Bonchev–Trinajstić information content (AvgIpc) is 2.45. The van der Waals surface area contributed by atoms with E-state index in [0.717, 1.165) is 17.7 Å². The third-order valence-corrected chi connectivity index (χ3v) is 2.57. The molecule has 0 bridgehead atoms. The minimum Gasteiger partial charge on any atom is -0.132 e. The van der Waals surface area contributed by atoms with Crippen LogP contribution in [-0.2, 0) is 0 Å². The van der Waals surface area contributed by atoms with E-state index in [1.54, 1.807) is 11.3 Å². The van der Waals surface area contributed by atoms with Gasteiger partial charge in [0.05, 0.1) is 4.88 Å². The first-order chi connectivity index (χ1) is 5.83. The quantitative estimate of drug-likeness (QED) is 0.388. The number of thiophene rings is 1. The van der Waals surface area contributed by atoms with Gasteiger partial charge in [0.25, 0.3) is 0 Å². The molecule has 0 nitrogen and oxygen atoms in total. The first kappa shape index (κ1) is 9.64. The SMILES string of the molecule is Cc1ccc(C#CCCCCl)s1. The molecule has 2 heteroatoms. The summed E-state index contributed by atoms with van der Waals surface area (Å²) in [5.74, 6) is 6.91. The molecule has 0 saturated carbocycles. The standard InChI is InChI=1S/C10H11ClS/c1-9-6-7-10(12-9)5-3-2-4-8-11/h6-7H,2,4,8H2,1H3. The van der Waals surface area contributed by atoms with Crippen LogP contribution in [0.1, 0.15) is 22.6 Å². The van der Waals surface area contributed by atoms with Crippen molar-refractivity contribution in [3.05, 3.63) is 21.9 Å². The van der Waals surface area contributed by atoms with Crippen LogP contribution in [0.3, 0.4) is 0 Å². The number of aryl methyl sites for hydroxylation is 1. The number of unbranched alkanes of at least 4 members (excludes halogenated alkanes) is 1. The predicted molar refractivity (Wildman–Crippen MR) is 55.9 cm³/mol. The minimum absolute atomic E-state index is 0.706.